The fraction of sp³-hybridized carbons (Fsp3) is 0.364. The van der Waals surface area contributed by atoms with Gasteiger partial charge < -0.3 is 19.9 Å². The number of amides is 1. The molecule has 1 aliphatic carbocycles. The average molecular weight is 383 g/mol. The Morgan fingerprint density at radius 1 is 1.07 bits per heavy atom. The van der Waals surface area contributed by atoms with Gasteiger partial charge in [0.15, 0.2) is 11.5 Å². The van der Waals surface area contributed by atoms with Crippen molar-refractivity contribution >= 4 is 17.6 Å². The quantitative estimate of drug-likeness (QED) is 0.737. The Morgan fingerprint density at radius 2 is 1.75 bits per heavy atom. The lowest BCUT2D eigenvalue weighted by molar-refractivity contribution is -0.138. The molecule has 0 heterocycles. The molecule has 0 aromatic heterocycles. The number of anilines is 1. The minimum atomic E-state index is -0.885. The zero-order valence-electron chi connectivity index (χ0n) is 16.1. The molecule has 6 heteroatoms. The van der Waals surface area contributed by atoms with E-state index in [-0.39, 0.29) is 12.0 Å². The molecule has 0 saturated heterocycles. The van der Waals surface area contributed by atoms with Gasteiger partial charge in [-0.1, -0.05) is 12.1 Å². The summed E-state index contributed by atoms with van der Waals surface area (Å²) in [5, 5.41) is 11.9. The number of rotatable bonds is 7. The Balaban J connectivity index is 1.69. The van der Waals surface area contributed by atoms with Gasteiger partial charge in [0.1, 0.15) is 0 Å². The van der Waals surface area contributed by atoms with E-state index >= 15 is 0 Å². The van der Waals surface area contributed by atoms with Crippen molar-refractivity contribution in [3.63, 3.8) is 0 Å². The summed E-state index contributed by atoms with van der Waals surface area (Å²) in [7, 11) is 1.56. The monoisotopic (exact) mass is 383 g/mol. The molecule has 1 unspecified atom stereocenters. The summed E-state index contributed by atoms with van der Waals surface area (Å²) in [5.41, 5.74) is 1.73. The number of ether oxygens (including phenoxy) is 2. The van der Waals surface area contributed by atoms with E-state index < -0.39 is 11.9 Å². The first-order chi connectivity index (χ1) is 13.5. The molecule has 2 aromatic carbocycles. The summed E-state index contributed by atoms with van der Waals surface area (Å²) >= 11 is 0. The summed E-state index contributed by atoms with van der Waals surface area (Å²) in [6.45, 7) is 1.62. The van der Waals surface area contributed by atoms with Gasteiger partial charge in [0.2, 0.25) is 0 Å². The Bertz CT molecular complexity index is 841. The van der Waals surface area contributed by atoms with Crippen molar-refractivity contribution in [3.8, 4) is 11.5 Å². The number of benzene rings is 2. The van der Waals surface area contributed by atoms with E-state index in [0.29, 0.717) is 28.3 Å². The van der Waals surface area contributed by atoms with Gasteiger partial charge in [-0.3, -0.25) is 9.59 Å². The number of carbonyl (C=O) groups excluding carboxylic acids is 1. The van der Waals surface area contributed by atoms with Crippen LogP contribution < -0.4 is 14.8 Å². The fourth-order valence-electron chi connectivity index (χ4n) is 3.29. The normalized spacial score (nSPS) is 15.1. The maximum Gasteiger partial charge on any atom is 0.310 e. The van der Waals surface area contributed by atoms with Gasteiger partial charge in [-0.2, -0.15) is 0 Å². The molecule has 1 saturated carbocycles. The van der Waals surface area contributed by atoms with Crippen molar-refractivity contribution in [2.75, 3.05) is 12.4 Å². The van der Waals surface area contributed by atoms with Gasteiger partial charge in [-0.05, 0) is 68.5 Å². The van der Waals surface area contributed by atoms with Crippen LogP contribution in [0.5, 0.6) is 11.5 Å². The molecule has 2 N–H and O–H groups in total. The van der Waals surface area contributed by atoms with Crippen LogP contribution in [0.4, 0.5) is 5.69 Å². The van der Waals surface area contributed by atoms with Gasteiger partial charge in [0.25, 0.3) is 5.91 Å². The number of carboxylic acid groups (broad SMARTS) is 1. The molecule has 1 aliphatic rings. The van der Waals surface area contributed by atoms with Crippen LogP contribution in [-0.4, -0.2) is 30.2 Å². The minimum Gasteiger partial charge on any atom is -0.493 e. The standard InChI is InChI=1S/C22H25NO5/c1-14(22(25)26)15-7-10-17(11-8-15)23-21(24)16-9-12-19(20(13-16)27-2)28-18-5-3-4-6-18/h7-14,18H,3-6H2,1-2H3,(H,23,24)(H,25,26). The average Bonchev–Trinajstić information content (AvgIpc) is 3.21. The van der Waals surface area contributed by atoms with Crippen molar-refractivity contribution in [2.24, 2.45) is 0 Å². The number of carboxylic acids is 1. The zero-order valence-corrected chi connectivity index (χ0v) is 16.1. The lowest BCUT2D eigenvalue weighted by Gasteiger charge is -2.16. The van der Waals surface area contributed by atoms with Gasteiger partial charge >= 0.3 is 5.97 Å². The zero-order chi connectivity index (χ0) is 20.1. The third-order valence-electron chi connectivity index (χ3n) is 5.06. The third kappa shape index (κ3) is 4.63. The molecule has 1 atom stereocenters. The highest BCUT2D eigenvalue weighted by atomic mass is 16.5. The molecular weight excluding hydrogens is 358 g/mol. The summed E-state index contributed by atoms with van der Waals surface area (Å²) in [6, 6.07) is 11.9. The van der Waals surface area contributed by atoms with Crippen LogP contribution in [-0.2, 0) is 4.79 Å². The lowest BCUT2D eigenvalue weighted by atomic mass is 10.0. The Labute approximate surface area is 164 Å². The van der Waals surface area contributed by atoms with E-state index in [4.69, 9.17) is 14.6 Å². The molecule has 28 heavy (non-hydrogen) atoms. The van der Waals surface area contributed by atoms with Gasteiger partial charge in [-0.15, -0.1) is 0 Å². The molecular formula is C22H25NO5. The van der Waals surface area contributed by atoms with E-state index in [2.05, 4.69) is 5.32 Å². The molecule has 148 valence electrons. The largest absolute Gasteiger partial charge is 0.493 e. The van der Waals surface area contributed by atoms with Crippen molar-refractivity contribution in [1.82, 2.24) is 0 Å². The van der Waals surface area contributed by atoms with Gasteiger partial charge in [0, 0.05) is 11.3 Å². The summed E-state index contributed by atoms with van der Waals surface area (Å²) < 4.78 is 11.4. The first kappa shape index (κ1) is 19.7. The second kappa shape index (κ2) is 8.78. The Hall–Kier alpha value is -3.02. The number of nitrogens with one attached hydrogen (secondary N) is 1. The number of hydrogen-bond donors (Lipinski definition) is 2. The van der Waals surface area contributed by atoms with Crippen LogP contribution in [0.15, 0.2) is 42.5 Å². The van der Waals surface area contributed by atoms with E-state index in [9.17, 15) is 9.59 Å². The third-order valence-corrected chi connectivity index (χ3v) is 5.06. The van der Waals surface area contributed by atoms with Crippen LogP contribution in [0.25, 0.3) is 0 Å². The van der Waals surface area contributed by atoms with E-state index in [1.54, 1.807) is 56.5 Å². The van der Waals surface area contributed by atoms with E-state index in [0.717, 1.165) is 12.8 Å². The molecule has 6 nitrogen and oxygen atoms in total. The molecule has 3 rings (SSSR count). The predicted octanol–water partition coefficient (Wildman–Crippen LogP) is 4.46. The minimum absolute atomic E-state index is 0.209. The van der Waals surface area contributed by atoms with Crippen molar-refractivity contribution in [3.05, 3.63) is 53.6 Å². The number of aliphatic carboxylic acids is 1. The molecule has 0 aliphatic heterocycles. The maximum atomic E-state index is 12.6. The van der Waals surface area contributed by atoms with Crippen molar-refractivity contribution < 1.29 is 24.2 Å². The molecule has 0 bridgehead atoms. The van der Waals surface area contributed by atoms with Crippen LogP contribution in [0.3, 0.4) is 0 Å². The molecule has 2 aromatic rings. The number of carbonyl (C=O) groups is 2. The summed E-state index contributed by atoms with van der Waals surface area (Å²) in [5.74, 6) is -0.571. The SMILES string of the molecule is COc1cc(C(=O)Nc2ccc(C(C)C(=O)O)cc2)ccc1OC1CCCC1. The van der Waals surface area contributed by atoms with E-state index in [1.807, 2.05) is 0 Å². The van der Waals surface area contributed by atoms with Crippen LogP contribution in [0.1, 0.15) is 54.4 Å². The first-order valence-electron chi connectivity index (χ1n) is 9.46. The number of methoxy groups -OCH3 is 1. The van der Waals surface area contributed by atoms with Crippen LogP contribution in [0.2, 0.25) is 0 Å². The highest BCUT2D eigenvalue weighted by Gasteiger charge is 2.19. The van der Waals surface area contributed by atoms with Gasteiger partial charge in [-0.25, -0.2) is 0 Å². The fourth-order valence-corrected chi connectivity index (χ4v) is 3.29. The summed E-state index contributed by atoms with van der Waals surface area (Å²) in [4.78, 5) is 23.6. The second-order valence-electron chi connectivity index (χ2n) is 7.03. The lowest BCUT2D eigenvalue weighted by Crippen LogP contribution is -2.14. The molecule has 1 fully saturated rings. The maximum absolute atomic E-state index is 12.6. The van der Waals surface area contributed by atoms with Gasteiger partial charge in [0.05, 0.1) is 19.1 Å². The summed E-state index contributed by atoms with van der Waals surface area (Å²) in [6.07, 6.45) is 4.65. The topological polar surface area (TPSA) is 84.9 Å². The van der Waals surface area contributed by atoms with Crippen molar-refractivity contribution in [1.29, 1.82) is 0 Å². The second-order valence-corrected chi connectivity index (χ2v) is 7.03. The van der Waals surface area contributed by atoms with Crippen molar-refractivity contribution in [2.45, 2.75) is 44.6 Å². The van der Waals surface area contributed by atoms with Crippen LogP contribution >= 0.6 is 0 Å². The smallest absolute Gasteiger partial charge is 0.310 e. The Morgan fingerprint density at radius 3 is 2.36 bits per heavy atom. The highest BCUT2D eigenvalue weighted by Crippen LogP contribution is 2.32. The molecule has 1 amide bonds. The van der Waals surface area contributed by atoms with Crippen LogP contribution in [0, 0.1) is 0 Å². The predicted molar refractivity (Wildman–Crippen MR) is 106 cm³/mol. The Kier molecular flexibility index (Phi) is 6.19. The number of hydrogen-bond acceptors (Lipinski definition) is 4. The van der Waals surface area contributed by atoms with E-state index in [1.165, 1.54) is 12.8 Å². The first-order valence-corrected chi connectivity index (χ1v) is 9.46. The molecule has 0 spiro atoms. The molecule has 0 radical (unpaired) electrons. The highest BCUT2D eigenvalue weighted by molar-refractivity contribution is 6.04.